The summed E-state index contributed by atoms with van der Waals surface area (Å²) >= 11 is -2.13. The Morgan fingerprint density at radius 3 is 2.06 bits per heavy atom. The third kappa shape index (κ3) is 4.48. The van der Waals surface area contributed by atoms with Gasteiger partial charge in [-0.1, -0.05) is 0 Å². The van der Waals surface area contributed by atoms with Crippen LogP contribution in [0.5, 0.6) is 0 Å². The van der Waals surface area contributed by atoms with Gasteiger partial charge < -0.3 is 0 Å². The van der Waals surface area contributed by atoms with E-state index in [1.165, 1.54) is 29.1 Å². The number of carbonyl (C=O) groups excluding carboxylic acids is 1. The van der Waals surface area contributed by atoms with Gasteiger partial charge in [0.05, 0.1) is 0 Å². The molecule has 0 spiro atoms. The van der Waals surface area contributed by atoms with Gasteiger partial charge in [-0.25, -0.2) is 0 Å². The van der Waals surface area contributed by atoms with Gasteiger partial charge in [0, 0.05) is 0 Å². The van der Waals surface area contributed by atoms with Crippen molar-refractivity contribution in [1.29, 1.82) is 0 Å². The average molecular weight is 332 g/mol. The molecule has 1 fully saturated rings. The van der Waals surface area contributed by atoms with Crippen LogP contribution in [0.4, 0.5) is 0 Å². The van der Waals surface area contributed by atoms with Gasteiger partial charge >= 0.3 is 119 Å². The van der Waals surface area contributed by atoms with Crippen molar-refractivity contribution < 1.29 is 4.79 Å². The van der Waals surface area contributed by atoms with Gasteiger partial charge in [0.2, 0.25) is 0 Å². The minimum atomic E-state index is -2.13. The van der Waals surface area contributed by atoms with E-state index in [1.807, 2.05) is 0 Å². The standard InChI is InChI=1S/C14H29GeNOS/c1-12(2)6-8-15(9-7-13(3)4)16(14(5)17)10-11-18-15/h12-13H,6-11H2,1-5H3. The quantitative estimate of drug-likeness (QED) is 0.682. The molecule has 0 aromatic rings. The van der Waals surface area contributed by atoms with Crippen molar-refractivity contribution in [3.63, 3.8) is 0 Å². The fourth-order valence-corrected chi connectivity index (χ4v) is 20.5. The number of amides is 1. The molecule has 0 bridgehead atoms. The predicted octanol–water partition coefficient (Wildman–Crippen LogP) is 4.12. The SMILES string of the molecule is CC(=O)[N]1CC[S][Ge]1([CH2]CC(C)C)[CH2]CC(C)C. The van der Waals surface area contributed by atoms with E-state index < -0.39 is 12.3 Å². The summed E-state index contributed by atoms with van der Waals surface area (Å²) in [7, 11) is 2.20. The van der Waals surface area contributed by atoms with Crippen molar-refractivity contribution in [3.05, 3.63) is 0 Å². The normalized spacial score (nSPS) is 18.9. The van der Waals surface area contributed by atoms with Crippen LogP contribution in [-0.2, 0) is 4.79 Å². The molecule has 18 heavy (non-hydrogen) atoms. The van der Waals surface area contributed by atoms with Crippen LogP contribution in [0.3, 0.4) is 0 Å². The van der Waals surface area contributed by atoms with E-state index in [4.69, 9.17) is 0 Å². The number of hydrogen-bond acceptors (Lipinski definition) is 2. The van der Waals surface area contributed by atoms with Crippen molar-refractivity contribution in [2.24, 2.45) is 11.8 Å². The maximum atomic E-state index is 11.9. The molecule has 1 aliphatic rings. The fourth-order valence-electron chi connectivity index (χ4n) is 2.62. The van der Waals surface area contributed by atoms with Crippen LogP contribution in [0.25, 0.3) is 0 Å². The monoisotopic (exact) mass is 333 g/mol. The Morgan fingerprint density at radius 1 is 1.17 bits per heavy atom. The zero-order valence-corrected chi connectivity index (χ0v) is 15.6. The molecule has 1 saturated heterocycles. The Morgan fingerprint density at radius 2 is 1.67 bits per heavy atom. The molecule has 0 unspecified atom stereocenters. The first kappa shape index (κ1) is 16.4. The molecular formula is C14H29GeNOS. The van der Waals surface area contributed by atoms with Crippen LogP contribution in [0.1, 0.15) is 47.5 Å². The molecule has 0 aromatic carbocycles. The molecule has 1 rings (SSSR count). The first-order valence-corrected chi connectivity index (χ1v) is 14.8. The van der Waals surface area contributed by atoms with E-state index in [-0.39, 0.29) is 0 Å². The Hall–Kier alpha value is 0.363. The number of rotatable bonds is 6. The number of carbonyl (C=O) groups is 1. The Bertz CT molecular complexity index is 269. The first-order valence-electron chi connectivity index (χ1n) is 7.29. The molecule has 2 nitrogen and oxygen atoms in total. The van der Waals surface area contributed by atoms with Crippen LogP contribution >= 0.6 is 10.1 Å². The van der Waals surface area contributed by atoms with Crippen molar-refractivity contribution in [2.75, 3.05) is 12.3 Å². The third-order valence-corrected chi connectivity index (χ3v) is 20.3. The molecule has 106 valence electrons. The molecule has 0 radical (unpaired) electrons. The van der Waals surface area contributed by atoms with Crippen LogP contribution in [0, 0.1) is 11.8 Å². The summed E-state index contributed by atoms with van der Waals surface area (Å²) in [6, 6.07) is 0. The molecule has 1 aliphatic heterocycles. The van der Waals surface area contributed by atoms with Crippen LogP contribution in [-0.4, -0.2) is 34.4 Å². The molecule has 0 N–H and O–H groups in total. The van der Waals surface area contributed by atoms with E-state index in [9.17, 15) is 4.79 Å². The molecule has 4 heteroatoms. The van der Waals surface area contributed by atoms with Gasteiger partial charge in [-0.3, -0.25) is 0 Å². The van der Waals surface area contributed by atoms with Crippen molar-refractivity contribution in [1.82, 2.24) is 3.86 Å². The first-order chi connectivity index (χ1) is 8.37. The predicted molar refractivity (Wildman–Crippen MR) is 84.1 cm³/mol. The summed E-state index contributed by atoms with van der Waals surface area (Å²) < 4.78 is 2.33. The Kier molecular flexibility index (Phi) is 6.59. The minimum absolute atomic E-state index is 0.340. The zero-order chi connectivity index (χ0) is 13.8. The molecular weight excluding hydrogens is 303 g/mol. The second-order valence-electron chi connectivity index (χ2n) is 6.33. The third-order valence-electron chi connectivity index (χ3n) is 3.78. The van der Waals surface area contributed by atoms with Gasteiger partial charge in [-0.2, -0.15) is 0 Å². The van der Waals surface area contributed by atoms with Gasteiger partial charge in [0.15, 0.2) is 0 Å². The molecule has 0 atom stereocenters. The van der Waals surface area contributed by atoms with Gasteiger partial charge in [0.1, 0.15) is 0 Å². The molecule has 0 aromatic heterocycles. The van der Waals surface area contributed by atoms with E-state index in [2.05, 4.69) is 41.6 Å². The van der Waals surface area contributed by atoms with Gasteiger partial charge in [0.25, 0.3) is 0 Å². The van der Waals surface area contributed by atoms with Crippen LogP contribution < -0.4 is 0 Å². The second-order valence-corrected chi connectivity index (χ2v) is 20.0. The van der Waals surface area contributed by atoms with Gasteiger partial charge in [-0.05, 0) is 0 Å². The molecule has 1 heterocycles. The molecule has 0 aliphatic carbocycles. The summed E-state index contributed by atoms with van der Waals surface area (Å²) in [6.45, 7) is 12.0. The molecule has 1 amide bonds. The van der Waals surface area contributed by atoms with E-state index in [0.29, 0.717) is 5.91 Å². The fraction of sp³-hybridized carbons (Fsp3) is 0.929. The Balaban J connectivity index is 2.75. The maximum absolute atomic E-state index is 11.9. The topological polar surface area (TPSA) is 20.3 Å². The van der Waals surface area contributed by atoms with Crippen LogP contribution in [0.15, 0.2) is 0 Å². The van der Waals surface area contributed by atoms with Crippen molar-refractivity contribution in [3.8, 4) is 0 Å². The summed E-state index contributed by atoms with van der Waals surface area (Å²) in [5.74, 6) is 3.06. The van der Waals surface area contributed by atoms with Crippen molar-refractivity contribution in [2.45, 2.75) is 58.0 Å². The summed E-state index contributed by atoms with van der Waals surface area (Å²) in [4.78, 5) is 11.9. The average Bonchev–Trinajstić information content (AvgIpc) is 2.68. The van der Waals surface area contributed by atoms with Gasteiger partial charge in [-0.15, -0.1) is 0 Å². The summed E-state index contributed by atoms with van der Waals surface area (Å²) in [6.07, 6.45) is 2.60. The summed E-state index contributed by atoms with van der Waals surface area (Å²) in [5, 5.41) is 2.68. The van der Waals surface area contributed by atoms with E-state index >= 15 is 0 Å². The number of nitrogens with zero attached hydrogens (tertiary/aromatic N) is 1. The van der Waals surface area contributed by atoms with E-state index in [1.54, 1.807) is 6.92 Å². The van der Waals surface area contributed by atoms with E-state index in [0.717, 1.165) is 18.4 Å². The summed E-state index contributed by atoms with van der Waals surface area (Å²) in [5.41, 5.74) is 0. The Labute approximate surface area is 119 Å². The number of hydrogen-bond donors (Lipinski definition) is 0. The van der Waals surface area contributed by atoms with Crippen molar-refractivity contribution >= 4 is 28.3 Å². The molecule has 0 saturated carbocycles. The van der Waals surface area contributed by atoms with Crippen LogP contribution in [0.2, 0.25) is 10.5 Å². The second kappa shape index (κ2) is 7.23. The zero-order valence-electron chi connectivity index (χ0n) is 12.7.